The number of nitrogens with zero attached hydrogens (tertiary/aromatic N) is 2. The number of ether oxygens (including phenoxy) is 1. The van der Waals surface area contributed by atoms with Gasteiger partial charge in [-0.1, -0.05) is 37.5 Å². The van der Waals surface area contributed by atoms with Crippen molar-refractivity contribution in [1.82, 2.24) is 9.80 Å². The Bertz CT molecular complexity index is 665. The first kappa shape index (κ1) is 17.0. The minimum atomic E-state index is 0.0145. The van der Waals surface area contributed by atoms with Crippen LogP contribution in [0.2, 0.25) is 0 Å². The molecule has 0 unspecified atom stereocenters. The molecule has 2 fully saturated rings. The van der Waals surface area contributed by atoms with E-state index in [1.165, 1.54) is 19.3 Å². The van der Waals surface area contributed by atoms with Crippen LogP contribution in [-0.2, 0) is 4.79 Å². The molecule has 1 amide bonds. The number of amides is 1. The summed E-state index contributed by atoms with van der Waals surface area (Å²) in [6.07, 6.45) is 7.58. The van der Waals surface area contributed by atoms with Crippen molar-refractivity contribution in [2.45, 2.75) is 45.1 Å². The molecule has 1 saturated heterocycles. The predicted octanol–water partition coefficient (Wildman–Crippen LogP) is 3.82. The first-order valence-electron chi connectivity index (χ1n) is 8.68. The van der Waals surface area contributed by atoms with Crippen molar-refractivity contribution in [2.75, 3.05) is 13.7 Å². The molecule has 4 nitrogen and oxygen atoms in total. The van der Waals surface area contributed by atoms with Crippen molar-refractivity contribution >= 4 is 29.3 Å². The lowest BCUT2D eigenvalue weighted by Gasteiger charge is -2.30. The summed E-state index contributed by atoms with van der Waals surface area (Å²) in [5.41, 5.74) is 1.53. The van der Waals surface area contributed by atoms with Crippen molar-refractivity contribution in [3.05, 3.63) is 35.5 Å². The Morgan fingerprint density at radius 2 is 1.96 bits per heavy atom. The van der Waals surface area contributed by atoms with Gasteiger partial charge in [-0.15, -0.1) is 0 Å². The standard InChI is InChI=1S/C19H24N2O2S/c1-3-23-17-12-8-7-9-14(17)13-16-18(22)21(19(24)20(16)2)15-10-5-4-6-11-15/h7-9,12-13,15H,3-6,10-11H2,1-2H3. The van der Waals surface area contributed by atoms with Crippen LogP contribution in [0.1, 0.15) is 44.6 Å². The third-order valence-electron chi connectivity index (χ3n) is 4.74. The lowest BCUT2D eigenvalue weighted by atomic mass is 9.94. The van der Waals surface area contributed by atoms with E-state index in [9.17, 15) is 4.79 Å². The highest BCUT2D eigenvalue weighted by molar-refractivity contribution is 7.80. The van der Waals surface area contributed by atoms with Crippen molar-refractivity contribution in [1.29, 1.82) is 0 Å². The fraction of sp³-hybridized carbons (Fsp3) is 0.474. The average Bonchev–Trinajstić information content (AvgIpc) is 2.81. The van der Waals surface area contributed by atoms with E-state index in [1.54, 1.807) is 0 Å². The van der Waals surface area contributed by atoms with Crippen molar-refractivity contribution in [3.63, 3.8) is 0 Å². The fourth-order valence-electron chi connectivity index (χ4n) is 3.47. The van der Waals surface area contributed by atoms with Crippen molar-refractivity contribution in [3.8, 4) is 5.75 Å². The molecule has 1 aromatic rings. The summed E-state index contributed by atoms with van der Waals surface area (Å²) in [5.74, 6) is 0.802. The molecular formula is C19H24N2O2S. The first-order valence-corrected chi connectivity index (χ1v) is 9.09. The van der Waals surface area contributed by atoms with Gasteiger partial charge in [0.05, 0.1) is 6.61 Å². The van der Waals surface area contributed by atoms with Crippen LogP contribution in [0, 0.1) is 0 Å². The van der Waals surface area contributed by atoms with Crippen LogP contribution in [0.3, 0.4) is 0 Å². The Kier molecular flexibility index (Phi) is 5.19. The predicted molar refractivity (Wildman–Crippen MR) is 99.7 cm³/mol. The quantitative estimate of drug-likeness (QED) is 0.614. The van der Waals surface area contributed by atoms with Crippen molar-refractivity contribution < 1.29 is 9.53 Å². The minimum absolute atomic E-state index is 0.0145. The van der Waals surface area contributed by atoms with Crippen LogP contribution in [0.15, 0.2) is 30.0 Å². The Morgan fingerprint density at radius 1 is 1.25 bits per heavy atom. The number of thiocarbonyl (C=S) groups is 1. The summed E-state index contributed by atoms with van der Waals surface area (Å²) in [6, 6.07) is 8.02. The third kappa shape index (κ3) is 3.18. The van der Waals surface area contributed by atoms with Gasteiger partial charge >= 0.3 is 0 Å². The summed E-state index contributed by atoms with van der Waals surface area (Å²) in [6.45, 7) is 2.55. The molecule has 0 N–H and O–H groups in total. The van der Waals surface area contributed by atoms with E-state index in [0.29, 0.717) is 17.4 Å². The molecule has 128 valence electrons. The number of para-hydroxylation sites is 1. The van der Waals surface area contributed by atoms with E-state index in [1.807, 2.05) is 54.1 Å². The molecule has 0 radical (unpaired) electrons. The number of rotatable bonds is 4. The second-order valence-corrected chi connectivity index (χ2v) is 6.67. The van der Waals surface area contributed by atoms with E-state index in [0.717, 1.165) is 24.2 Å². The molecule has 1 saturated carbocycles. The Morgan fingerprint density at radius 3 is 2.67 bits per heavy atom. The summed E-state index contributed by atoms with van der Waals surface area (Å²) in [7, 11) is 1.87. The largest absolute Gasteiger partial charge is 0.493 e. The first-order chi connectivity index (χ1) is 11.6. The van der Waals surface area contributed by atoms with Crippen LogP contribution in [0.5, 0.6) is 5.75 Å². The number of benzene rings is 1. The third-order valence-corrected chi connectivity index (χ3v) is 5.21. The molecule has 0 bridgehead atoms. The van der Waals surface area contributed by atoms with Gasteiger partial charge in [-0.05, 0) is 44.1 Å². The second-order valence-electron chi connectivity index (χ2n) is 6.31. The van der Waals surface area contributed by atoms with Gasteiger partial charge in [-0.3, -0.25) is 9.69 Å². The number of likely N-dealkylation sites (N-methyl/N-ethyl adjacent to an activating group) is 1. The molecule has 24 heavy (non-hydrogen) atoms. The number of carbonyl (C=O) groups excluding carboxylic acids is 1. The summed E-state index contributed by atoms with van der Waals surface area (Å²) >= 11 is 5.56. The number of hydrogen-bond donors (Lipinski definition) is 0. The normalized spacial score (nSPS) is 21.0. The lowest BCUT2D eigenvalue weighted by Crippen LogP contribution is -2.41. The van der Waals surface area contributed by atoms with Crippen LogP contribution in [0.4, 0.5) is 0 Å². The molecule has 5 heteroatoms. The van der Waals surface area contributed by atoms with Gasteiger partial charge in [0.15, 0.2) is 5.11 Å². The molecule has 1 aliphatic heterocycles. The Hall–Kier alpha value is -1.88. The molecular weight excluding hydrogens is 320 g/mol. The molecule has 1 aromatic carbocycles. The zero-order valence-corrected chi connectivity index (χ0v) is 15.1. The molecule has 3 rings (SSSR count). The van der Waals surface area contributed by atoms with Crippen molar-refractivity contribution in [2.24, 2.45) is 0 Å². The average molecular weight is 344 g/mol. The van der Waals surface area contributed by atoms with Gasteiger partial charge in [-0.2, -0.15) is 0 Å². The molecule has 0 spiro atoms. The lowest BCUT2D eigenvalue weighted by molar-refractivity contribution is -0.124. The Labute approximate surface area is 149 Å². The summed E-state index contributed by atoms with van der Waals surface area (Å²) in [4.78, 5) is 16.6. The number of carbonyl (C=O) groups is 1. The summed E-state index contributed by atoms with van der Waals surface area (Å²) < 4.78 is 5.67. The van der Waals surface area contributed by atoms with E-state index >= 15 is 0 Å². The maximum atomic E-state index is 13.0. The van der Waals surface area contributed by atoms with E-state index in [2.05, 4.69) is 0 Å². The van der Waals surface area contributed by atoms with Gasteiger partial charge in [0.2, 0.25) is 0 Å². The molecule has 0 aromatic heterocycles. The SMILES string of the molecule is CCOc1ccccc1C=C1C(=O)N(C2CCCCC2)C(=S)N1C. The molecule has 0 atom stereocenters. The van der Waals surface area contributed by atoms with Crippen LogP contribution >= 0.6 is 12.2 Å². The van der Waals surface area contributed by atoms with Crippen LogP contribution in [-0.4, -0.2) is 40.5 Å². The number of hydrogen-bond acceptors (Lipinski definition) is 3. The van der Waals surface area contributed by atoms with Gasteiger partial charge in [0, 0.05) is 18.7 Å². The minimum Gasteiger partial charge on any atom is -0.493 e. The van der Waals surface area contributed by atoms with E-state index < -0.39 is 0 Å². The van der Waals surface area contributed by atoms with Gasteiger partial charge in [0.1, 0.15) is 11.4 Å². The second kappa shape index (κ2) is 7.34. The van der Waals surface area contributed by atoms with Gasteiger partial charge in [0.25, 0.3) is 5.91 Å². The molecule has 2 aliphatic rings. The highest BCUT2D eigenvalue weighted by atomic mass is 32.1. The zero-order valence-electron chi connectivity index (χ0n) is 14.3. The highest BCUT2D eigenvalue weighted by Gasteiger charge is 2.40. The van der Waals surface area contributed by atoms with Crippen LogP contribution < -0.4 is 4.74 Å². The van der Waals surface area contributed by atoms with E-state index in [4.69, 9.17) is 17.0 Å². The van der Waals surface area contributed by atoms with Gasteiger partial charge in [-0.25, -0.2) is 0 Å². The fourth-order valence-corrected chi connectivity index (χ4v) is 3.80. The monoisotopic (exact) mass is 344 g/mol. The zero-order chi connectivity index (χ0) is 17.1. The smallest absolute Gasteiger partial charge is 0.277 e. The molecule has 1 heterocycles. The Balaban J connectivity index is 1.91. The highest BCUT2D eigenvalue weighted by Crippen LogP contribution is 2.31. The molecule has 1 aliphatic carbocycles. The van der Waals surface area contributed by atoms with Crippen LogP contribution in [0.25, 0.3) is 6.08 Å². The maximum absolute atomic E-state index is 13.0. The van der Waals surface area contributed by atoms with Gasteiger partial charge < -0.3 is 9.64 Å². The van der Waals surface area contributed by atoms with E-state index in [-0.39, 0.29) is 11.9 Å². The topological polar surface area (TPSA) is 32.8 Å². The summed E-state index contributed by atoms with van der Waals surface area (Å²) in [5, 5.41) is 0.618. The maximum Gasteiger partial charge on any atom is 0.277 e.